The minimum absolute atomic E-state index is 0.119. The van der Waals surface area contributed by atoms with Crippen LogP contribution in [-0.4, -0.2) is 34.5 Å². The Balaban J connectivity index is 1.65. The third kappa shape index (κ3) is 2.05. The fraction of sp³-hybridized carbons (Fsp3) is 0.846. The number of likely N-dealkylation sites (tertiary alicyclic amines) is 1. The van der Waals surface area contributed by atoms with E-state index in [0.717, 1.165) is 25.2 Å². The molecule has 2 aliphatic carbocycles. The van der Waals surface area contributed by atoms with Crippen molar-refractivity contribution < 1.29 is 14.7 Å². The Kier molecular flexibility index (Phi) is 2.60. The lowest BCUT2D eigenvalue weighted by atomic mass is 10.0. The summed E-state index contributed by atoms with van der Waals surface area (Å²) in [6.07, 6.45) is 6.07. The number of aliphatic carboxylic acids is 1. The van der Waals surface area contributed by atoms with E-state index in [9.17, 15) is 9.59 Å². The van der Waals surface area contributed by atoms with Gasteiger partial charge in [-0.2, -0.15) is 0 Å². The first-order valence-corrected chi connectivity index (χ1v) is 6.72. The summed E-state index contributed by atoms with van der Waals surface area (Å²) < 4.78 is 0. The predicted octanol–water partition coefficient (Wildman–Crippen LogP) is 1.50. The van der Waals surface area contributed by atoms with Gasteiger partial charge in [-0.05, 0) is 50.4 Å². The third-order valence-corrected chi connectivity index (χ3v) is 4.46. The molecule has 1 heterocycles. The fourth-order valence-electron chi connectivity index (χ4n) is 3.21. The lowest BCUT2D eigenvalue weighted by molar-refractivity contribution is -0.152. The quantitative estimate of drug-likeness (QED) is 0.809. The summed E-state index contributed by atoms with van der Waals surface area (Å²) in [6, 6.07) is -0.559. The van der Waals surface area contributed by atoms with Crippen LogP contribution in [0.25, 0.3) is 0 Å². The molecule has 0 aromatic carbocycles. The topological polar surface area (TPSA) is 57.6 Å². The largest absolute Gasteiger partial charge is 0.480 e. The Morgan fingerprint density at radius 2 is 1.88 bits per heavy atom. The Labute approximate surface area is 101 Å². The van der Waals surface area contributed by atoms with Crippen molar-refractivity contribution in [1.82, 2.24) is 4.90 Å². The number of rotatable bonds is 3. The molecule has 0 aromatic heterocycles. The van der Waals surface area contributed by atoms with Crippen molar-refractivity contribution in [3.63, 3.8) is 0 Å². The lowest BCUT2D eigenvalue weighted by Gasteiger charge is -2.33. The molecule has 1 aliphatic heterocycles. The summed E-state index contributed by atoms with van der Waals surface area (Å²) in [7, 11) is 0. The molecule has 1 saturated heterocycles. The summed E-state index contributed by atoms with van der Waals surface area (Å²) in [5, 5.41) is 9.15. The van der Waals surface area contributed by atoms with Crippen LogP contribution in [0.15, 0.2) is 0 Å². The standard InChI is InChI=1S/C13H19NO3/c15-12(10-7-9(10)8-4-5-8)14-6-2-1-3-11(14)13(16)17/h8-11H,1-7H2,(H,16,17)/t9-,10+,11+/m1/s1. The van der Waals surface area contributed by atoms with E-state index < -0.39 is 12.0 Å². The van der Waals surface area contributed by atoms with Crippen LogP contribution in [0, 0.1) is 17.8 Å². The minimum Gasteiger partial charge on any atom is -0.480 e. The van der Waals surface area contributed by atoms with E-state index in [1.165, 1.54) is 12.8 Å². The monoisotopic (exact) mass is 237 g/mol. The molecular formula is C13H19NO3. The van der Waals surface area contributed by atoms with Crippen molar-refractivity contribution in [2.24, 2.45) is 17.8 Å². The molecule has 17 heavy (non-hydrogen) atoms. The molecule has 0 radical (unpaired) electrons. The molecule has 3 fully saturated rings. The molecule has 1 N–H and O–H groups in total. The number of nitrogens with zero attached hydrogens (tertiary/aromatic N) is 1. The van der Waals surface area contributed by atoms with Crippen LogP contribution in [0.2, 0.25) is 0 Å². The van der Waals surface area contributed by atoms with Crippen LogP contribution < -0.4 is 0 Å². The van der Waals surface area contributed by atoms with E-state index >= 15 is 0 Å². The van der Waals surface area contributed by atoms with Gasteiger partial charge in [0, 0.05) is 12.5 Å². The van der Waals surface area contributed by atoms with Crippen LogP contribution in [0.1, 0.15) is 38.5 Å². The van der Waals surface area contributed by atoms with E-state index in [1.807, 2.05) is 0 Å². The van der Waals surface area contributed by atoms with E-state index in [4.69, 9.17) is 5.11 Å². The van der Waals surface area contributed by atoms with Gasteiger partial charge in [0.25, 0.3) is 0 Å². The van der Waals surface area contributed by atoms with Gasteiger partial charge in [-0.3, -0.25) is 4.79 Å². The number of hydrogen-bond donors (Lipinski definition) is 1. The number of carboxylic acid groups (broad SMARTS) is 1. The number of amides is 1. The van der Waals surface area contributed by atoms with Crippen LogP contribution in [0.4, 0.5) is 0 Å². The molecular weight excluding hydrogens is 218 g/mol. The van der Waals surface area contributed by atoms with E-state index in [1.54, 1.807) is 4.90 Å². The van der Waals surface area contributed by atoms with Gasteiger partial charge in [0.15, 0.2) is 0 Å². The van der Waals surface area contributed by atoms with E-state index in [2.05, 4.69) is 0 Å². The van der Waals surface area contributed by atoms with Crippen molar-refractivity contribution in [2.75, 3.05) is 6.54 Å². The van der Waals surface area contributed by atoms with E-state index in [-0.39, 0.29) is 11.8 Å². The van der Waals surface area contributed by atoms with Gasteiger partial charge in [-0.25, -0.2) is 4.79 Å². The van der Waals surface area contributed by atoms with Crippen molar-refractivity contribution in [1.29, 1.82) is 0 Å². The van der Waals surface area contributed by atoms with Crippen LogP contribution in [0.5, 0.6) is 0 Å². The molecule has 94 valence electrons. The highest BCUT2D eigenvalue weighted by Crippen LogP contribution is 2.55. The number of carbonyl (C=O) groups is 2. The van der Waals surface area contributed by atoms with Crippen molar-refractivity contribution in [3.8, 4) is 0 Å². The van der Waals surface area contributed by atoms with Gasteiger partial charge in [0.05, 0.1) is 0 Å². The molecule has 0 unspecified atom stereocenters. The zero-order valence-electron chi connectivity index (χ0n) is 9.97. The molecule has 0 aromatic rings. The van der Waals surface area contributed by atoms with Crippen LogP contribution in [-0.2, 0) is 9.59 Å². The Morgan fingerprint density at radius 3 is 2.53 bits per heavy atom. The molecule has 4 heteroatoms. The summed E-state index contributed by atoms with van der Waals surface area (Å²) in [6.45, 7) is 0.643. The Morgan fingerprint density at radius 1 is 1.12 bits per heavy atom. The first-order chi connectivity index (χ1) is 8.18. The SMILES string of the molecule is O=C(O)[C@@H]1CCCCN1C(=O)[C@H]1C[C@@H]1C1CC1. The molecule has 1 amide bonds. The molecule has 0 spiro atoms. The van der Waals surface area contributed by atoms with Crippen molar-refractivity contribution in [2.45, 2.75) is 44.6 Å². The second-order valence-electron chi connectivity index (χ2n) is 5.72. The minimum atomic E-state index is -0.832. The number of carboxylic acids is 1. The maximum Gasteiger partial charge on any atom is 0.326 e. The normalized spacial score (nSPS) is 36.7. The highest BCUT2D eigenvalue weighted by molar-refractivity contribution is 5.87. The number of piperidine rings is 1. The zero-order valence-corrected chi connectivity index (χ0v) is 9.97. The maximum atomic E-state index is 12.3. The number of hydrogen-bond acceptors (Lipinski definition) is 2. The second kappa shape index (κ2) is 4.00. The summed E-state index contributed by atoms with van der Waals surface area (Å²) in [5.74, 6) is 0.800. The Bertz CT molecular complexity index is 351. The maximum absolute atomic E-state index is 12.3. The average Bonchev–Trinajstić information content (AvgIpc) is 3.15. The molecule has 3 atom stereocenters. The van der Waals surface area contributed by atoms with E-state index in [0.29, 0.717) is 18.9 Å². The molecule has 0 bridgehead atoms. The third-order valence-electron chi connectivity index (χ3n) is 4.46. The molecule has 2 saturated carbocycles. The first-order valence-electron chi connectivity index (χ1n) is 6.72. The molecule has 3 rings (SSSR count). The van der Waals surface area contributed by atoms with Crippen LogP contribution in [0.3, 0.4) is 0 Å². The summed E-state index contributed by atoms with van der Waals surface area (Å²) in [4.78, 5) is 25.1. The van der Waals surface area contributed by atoms with Gasteiger partial charge in [-0.1, -0.05) is 0 Å². The molecule has 3 aliphatic rings. The fourth-order valence-corrected chi connectivity index (χ4v) is 3.21. The molecule has 4 nitrogen and oxygen atoms in total. The zero-order chi connectivity index (χ0) is 12.0. The van der Waals surface area contributed by atoms with Gasteiger partial charge < -0.3 is 10.0 Å². The highest BCUT2D eigenvalue weighted by Gasteiger charge is 2.53. The van der Waals surface area contributed by atoms with Gasteiger partial charge >= 0.3 is 5.97 Å². The van der Waals surface area contributed by atoms with Gasteiger partial charge in [0.1, 0.15) is 6.04 Å². The van der Waals surface area contributed by atoms with Gasteiger partial charge in [-0.15, -0.1) is 0 Å². The smallest absolute Gasteiger partial charge is 0.326 e. The summed E-state index contributed by atoms with van der Waals surface area (Å²) >= 11 is 0. The Hall–Kier alpha value is -1.06. The average molecular weight is 237 g/mol. The highest BCUT2D eigenvalue weighted by atomic mass is 16.4. The lowest BCUT2D eigenvalue weighted by Crippen LogP contribution is -2.48. The van der Waals surface area contributed by atoms with Gasteiger partial charge in [0.2, 0.25) is 5.91 Å². The number of carbonyl (C=O) groups excluding carboxylic acids is 1. The van der Waals surface area contributed by atoms with Crippen LogP contribution >= 0.6 is 0 Å². The second-order valence-corrected chi connectivity index (χ2v) is 5.72. The van der Waals surface area contributed by atoms with Crippen molar-refractivity contribution in [3.05, 3.63) is 0 Å². The summed E-state index contributed by atoms with van der Waals surface area (Å²) in [5.41, 5.74) is 0. The predicted molar refractivity (Wildman–Crippen MR) is 61.3 cm³/mol. The van der Waals surface area contributed by atoms with Crippen molar-refractivity contribution >= 4 is 11.9 Å². The first kappa shape index (κ1) is 11.1.